The van der Waals surface area contributed by atoms with E-state index >= 15 is 0 Å². The molecule has 0 aliphatic carbocycles. The molecule has 4 heteroatoms. The van der Waals surface area contributed by atoms with Crippen LogP contribution in [-0.4, -0.2) is 22.3 Å². The maximum Gasteiger partial charge on any atom is 0.334 e. The summed E-state index contributed by atoms with van der Waals surface area (Å²) in [7, 11) is 0. The highest BCUT2D eigenvalue weighted by atomic mass is 16.4. The average Bonchev–Trinajstić information content (AvgIpc) is 2.70. The molecule has 2 atom stereocenters. The van der Waals surface area contributed by atoms with Gasteiger partial charge >= 0.3 is 5.97 Å². The van der Waals surface area contributed by atoms with Gasteiger partial charge in [0.15, 0.2) is 6.10 Å². The molecule has 0 fully saturated rings. The minimum Gasteiger partial charge on any atom is -0.479 e. The van der Waals surface area contributed by atoms with Gasteiger partial charge in [0.05, 0.1) is 12.1 Å². The van der Waals surface area contributed by atoms with Crippen LogP contribution in [0.1, 0.15) is 28.8 Å². The first-order valence-electron chi connectivity index (χ1n) is 8.48. The number of carboxylic acid groups (broad SMARTS) is 1. The van der Waals surface area contributed by atoms with Gasteiger partial charge < -0.3 is 10.2 Å². The Morgan fingerprint density at radius 3 is 1.46 bits per heavy atom. The van der Waals surface area contributed by atoms with Crippen LogP contribution in [0.3, 0.4) is 0 Å². The molecule has 0 bridgehead atoms. The number of aliphatic hydroxyl groups excluding tert-OH is 1. The smallest absolute Gasteiger partial charge is 0.334 e. The first-order chi connectivity index (χ1) is 12.7. The lowest BCUT2D eigenvalue weighted by Crippen LogP contribution is -2.39. The lowest BCUT2D eigenvalue weighted by Gasteiger charge is -2.28. The van der Waals surface area contributed by atoms with Crippen molar-refractivity contribution < 1.29 is 15.0 Å². The summed E-state index contributed by atoms with van der Waals surface area (Å²) in [5.41, 5.74) is 2.72. The van der Waals surface area contributed by atoms with E-state index in [-0.39, 0.29) is 6.04 Å². The summed E-state index contributed by atoms with van der Waals surface area (Å²) in [6.45, 7) is 0. The summed E-state index contributed by atoms with van der Waals surface area (Å²) in [6.07, 6.45) is -1.56. The minimum absolute atomic E-state index is 0.253. The lowest BCUT2D eigenvalue weighted by molar-refractivity contribution is -0.148. The molecule has 0 saturated heterocycles. The third kappa shape index (κ3) is 4.17. The van der Waals surface area contributed by atoms with Gasteiger partial charge in [0.1, 0.15) is 0 Å². The van der Waals surface area contributed by atoms with E-state index in [4.69, 9.17) is 0 Å². The minimum atomic E-state index is -1.56. The van der Waals surface area contributed by atoms with E-state index < -0.39 is 18.1 Å². The Kier molecular flexibility index (Phi) is 5.79. The van der Waals surface area contributed by atoms with Crippen LogP contribution < -0.4 is 5.32 Å². The second-order valence-corrected chi connectivity index (χ2v) is 6.09. The van der Waals surface area contributed by atoms with Crippen LogP contribution in [0.15, 0.2) is 91.0 Å². The van der Waals surface area contributed by atoms with E-state index in [0.29, 0.717) is 0 Å². The summed E-state index contributed by atoms with van der Waals surface area (Å²) >= 11 is 0. The third-order valence-corrected chi connectivity index (χ3v) is 4.34. The van der Waals surface area contributed by atoms with Gasteiger partial charge in [0, 0.05) is 0 Å². The van der Waals surface area contributed by atoms with Gasteiger partial charge in [-0.05, 0) is 16.7 Å². The number of carbonyl (C=O) groups is 1. The highest BCUT2D eigenvalue weighted by molar-refractivity contribution is 5.73. The molecule has 3 aromatic rings. The zero-order valence-corrected chi connectivity index (χ0v) is 14.2. The zero-order chi connectivity index (χ0) is 18.4. The highest BCUT2D eigenvalue weighted by Crippen LogP contribution is 2.27. The van der Waals surface area contributed by atoms with Crippen LogP contribution in [0.25, 0.3) is 0 Å². The molecule has 0 aromatic heterocycles. The van der Waals surface area contributed by atoms with Crippen molar-refractivity contribution in [2.45, 2.75) is 18.2 Å². The molecule has 0 unspecified atom stereocenters. The van der Waals surface area contributed by atoms with Gasteiger partial charge in [-0.2, -0.15) is 0 Å². The predicted molar refractivity (Wildman–Crippen MR) is 101 cm³/mol. The number of aliphatic hydroxyl groups is 1. The maximum atomic E-state index is 11.5. The Balaban J connectivity index is 2.01. The molecular weight excluding hydrogens is 326 g/mol. The Labute approximate surface area is 152 Å². The Hall–Kier alpha value is -2.95. The normalized spacial score (nSPS) is 13.3. The molecule has 0 amide bonds. The SMILES string of the molecule is O=C(O)[C@H](O)[C@@H](NC(c1ccccc1)c1ccccc1)c1ccccc1. The second kappa shape index (κ2) is 8.43. The molecule has 0 aliphatic rings. The molecule has 132 valence electrons. The summed E-state index contributed by atoms with van der Waals surface area (Å²) < 4.78 is 0. The van der Waals surface area contributed by atoms with Gasteiger partial charge in [-0.15, -0.1) is 0 Å². The van der Waals surface area contributed by atoms with Crippen molar-refractivity contribution >= 4 is 5.97 Å². The van der Waals surface area contributed by atoms with Gasteiger partial charge in [0.2, 0.25) is 0 Å². The van der Waals surface area contributed by atoms with Gasteiger partial charge in [-0.25, -0.2) is 4.79 Å². The van der Waals surface area contributed by atoms with Crippen molar-refractivity contribution in [1.29, 1.82) is 0 Å². The summed E-state index contributed by atoms with van der Waals surface area (Å²) in [5, 5.41) is 23.1. The second-order valence-electron chi connectivity index (χ2n) is 6.09. The number of rotatable bonds is 7. The number of hydrogen-bond acceptors (Lipinski definition) is 3. The van der Waals surface area contributed by atoms with E-state index in [1.165, 1.54) is 0 Å². The molecule has 3 aromatic carbocycles. The van der Waals surface area contributed by atoms with Crippen LogP contribution >= 0.6 is 0 Å². The fraction of sp³-hybridized carbons (Fsp3) is 0.136. The van der Waals surface area contributed by atoms with Gasteiger partial charge in [-0.1, -0.05) is 91.0 Å². The molecule has 3 rings (SSSR count). The van der Waals surface area contributed by atoms with Crippen molar-refractivity contribution in [2.75, 3.05) is 0 Å². The van der Waals surface area contributed by atoms with E-state index in [9.17, 15) is 15.0 Å². The number of benzene rings is 3. The number of nitrogens with one attached hydrogen (secondary N) is 1. The maximum absolute atomic E-state index is 11.5. The van der Waals surface area contributed by atoms with Crippen molar-refractivity contribution in [2.24, 2.45) is 0 Å². The van der Waals surface area contributed by atoms with Crippen molar-refractivity contribution in [3.8, 4) is 0 Å². The van der Waals surface area contributed by atoms with Gasteiger partial charge in [0.25, 0.3) is 0 Å². The van der Waals surface area contributed by atoms with Crippen LogP contribution in [-0.2, 0) is 4.79 Å². The number of hydrogen-bond donors (Lipinski definition) is 3. The average molecular weight is 347 g/mol. The topological polar surface area (TPSA) is 69.6 Å². The first kappa shape index (κ1) is 17.9. The van der Waals surface area contributed by atoms with Crippen LogP contribution in [0.2, 0.25) is 0 Å². The van der Waals surface area contributed by atoms with Crippen molar-refractivity contribution in [3.63, 3.8) is 0 Å². The number of carboxylic acids is 1. The van der Waals surface area contributed by atoms with E-state index in [2.05, 4.69) is 5.32 Å². The lowest BCUT2D eigenvalue weighted by atomic mass is 9.94. The molecule has 4 nitrogen and oxygen atoms in total. The predicted octanol–water partition coefficient (Wildman–Crippen LogP) is 3.55. The van der Waals surface area contributed by atoms with Crippen LogP contribution in [0.5, 0.6) is 0 Å². The summed E-state index contributed by atoms with van der Waals surface area (Å²) in [4.78, 5) is 11.5. The fourth-order valence-corrected chi connectivity index (χ4v) is 3.03. The molecule has 3 N–H and O–H groups in total. The Bertz CT molecular complexity index is 782. The monoisotopic (exact) mass is 347 g/mol. The van der Waals surface area contributed by atoms with E-state index in [1.807, 2.05) is 91.0 Å². The zero-order valence-electron chi connectivity index (χ0n) is 14.2. The highest BCUT2D eigenvalue weighted by Gasteiger charge is 2.30. The van der Waals surface area contributed by atoms with Crippen molar-refractivity contribution in [1.82, 2.24) is 5.32 Å². The molecule has 0 spiro atoms. The molecular formula is C22H21NO3. The van der Waals surface area contributed by atoms with Gasteiger partial charge in [-0.3, -0.25) is 5.32 Å². The number of aliphatic carboxylic acids is 1. The fourth-order valence-electron chi connectivity index (χ4n) is 3.03. The third-order valence-electron chi connectivity index (χ3n) is 4.34. The standard InChI is InChI=1S/C22H21NO3/c24-21(22(25)26)20(18-14-8-3-9-15-18)23-19(16-10-4-1-5-11-16)17-12-6-2-7-13-17/h1-15,19-21,23-24H,(H,25,26)/t20-,21+/m0/s1. The molecule has 0 heterocycles. The molecule has 0 saturated carbocycles. The largest absolute Gasteiger partial charge is 0.479 e. The summed E-state index contributed by atoms with van der Waals surface area (Å²) in [5.74, 6) is -1.26. The molecule has 0 aliphatic heterocycles. The summed E-state index contributed by atoms with van der Waals surface area (Å²) in [6, 6.07) is 27.7. The molecule has 0 radical (unpaired) electrons. The first-order valence-corrected chi connectivity index (χ1v) is 8.48. The van der Waals surface area contributed by atoms with Crippen LogP contribution in [0.4, 0.5) is 0 Å². The van der Waals surface area contributed by atoms with Crippen LogP contribution in [0, 0.1) is 0 Å². The van der Waals surface area contributed by atoms with E-state index in [1.54, 1.807) is 0 Å². The van der Waals surface area contributed by atoms with E-state index in [0.717, 1.165) is 16.7 Å². The quantitative estimate of drug-likeness (QED) is 0.611. The Morgan fingerprint density at radius 1 is 0.692 bits per heavy atom. The Morgan fingerprint density at radius 2 is 1.08 bits per heavy atom. The van der Waals surface area contributed by atoms with Crippen molar-refractivity contribution in [3.05, 3.63) is 108 Å². The molecule has 26 heavy (non-hydrogen) atoms.